The number of likely N-dealkylation sites (tertiary alicyclic amines) is 1. The van der Waals surface area contributed by atoms with E-state index < -0.39 is 5.82 Å². The van der Waals surface area contributed by atoms with Crippen molar-refractivity contribution < 1.29 is 9.18 Å². The third-order valence-corrected chi connectivity index (χ3v) is 3.93. The fraction of sp³-hybridized carbons (Fsp3) is 0.500. The molecule has 19 heavy (non-hydrogen) atoms. The first-order valence-corrected chi connectivity index (χ1v) is 6.94. The number of carbonyl (C=O) groups excluding carboxylic acids is 1. The minimum Gasteiger partial charge on any atom is -0.339 e. The van der Waals surface area contributed by atoms with E-state index in [1.54, 1.807) is 4.90 Å². The van der Waals surface area contributed by atoms with Crippen molar-refractivity contribution in [2.45, 2.75) is 19.3 Å². The lowest BCUT2D eigenvalue weighted by molar-refractivity contribution is 0.0688. The van der Waals surface area contributed by atoms with Crippen molar-refractivity contribution in [3.8, 4) is 0 Å². The number of hydrogen-bond donors (Lipinski definition) is 1. The van der Waals surface area contributed by atoms with Crippen LogP contribution in [-0.4, -0.2) is 30.4 Å². The van der Waals surface area contributed by atoms with Crippen molar-refractivity contribution in [3.63, 3.8) is 0 Å². The maximum absolute atomic E-state index is 13.1. The second-order valence-corrected chi connectivity index (χ2v) is 5.35. The van der Waals surface area contributed by atoms with Gasteiger partial charge in [-0.2, -0.15) is 0 Å². The Bertz CT molecular complexity index is 459. The van der Waals surface area contributed by atoms with E-state index in [-0.39, 0.29) is 10.9 Å². The summed E-state index contributed by atoms with van der Waals surface area (Å²) in [4.78, 5) is 14.1. The molecular formula is C14H18ClFN2O. The summed E-state index contributed by atoms with van der Waals surface area (Å²) in [6, 6.07) is 4.11. The Hall–Kier alpha value is -1.13. The Kier molecular flexibility index (Phi) is 4.77. The Labute approximate surface area is 117 Å². The number of halogens is 2. The van der Waals surface area contributed by atoms with Gasteiger partial charge in [-0.3, -0.25) is 4.79 Å². The minimum absolute atomic E-state index is 0.0103. The number of piperidine rings is 1. The third-order valence-electron chi connectivity index (χ3n) is 3.64. The van der Waals surface area contributed by atoms with Gasteiger partial charge >= 0.3 is 0 Å². The molecule has 0 radical (unpaired) electrons. The molecular weight excluding hydrogens is 267 g/mol. The molecule has 0 atom stereocenters. The molecule has 1 fully saturated rings. The van der Waals surface area contributed by atoms with Crippen LogP contribution in [0.3, 0.4) is 0 Å². The minimum atomic E-state index is -0.500. The number of nitrogens with two attached hydrogens (primary N) is 1. The molecule has 1 aromatic rings. The SMILES string of the molecule is NCCC1CCN(C(=O)c2ccc(F)c(Cl)c2)CC1. The molecule has 0 saturated carbocycles. The van der Waals surface area contributed by atoms with Crippen LogP contribution in [0.4, 0.5) is 4.39 Å². The van der Waals surface area contributed by atoms with E-state index in [1.807, 2.05) is 0 Å². The van der Waals surface area contributed by atoms with Crippen LogP contribution in [0.15, 0.2) is 18.2 Å². The average molecular weight is 285 g/mol. The molecule has 0 bridgehead atoms. The fourth-order valence-electron chi connectivity index (χ4n) is 2.47. The molecule has 0 unspecified atom stereocenters. The molecule has 2 N–H and O–H groups in total. The Morgan fingerprint density at radius 1 is 1.42 bits per heavy atom. The molecule has 0 aromatic heterocycles. The molecule has 1 amide bonds. The van der Waals surface area contributed by atoms with E-state index in [2.05, 4.69) is 0 Å². The molecule has 0 spiro atoms. The highest BCUT2D eigenvalue weighted by molar-refractivity contribution is 6.31. The van der Waals surface area contributed by atoms with Crippen LogP contribution in [0.1, 0.15) is 29.6 Å². The first-order chi connectivity index (χ1) is 9.11. The molecule has 1 aromatic carbocycles. The first kappa shape index (κ1) is 14.3. The summed E-state index contributed by atoms with van der Waals surface area (Å²) < 4.78 is 13.1. The Morgan fingerprint density at radius 3 is 2.68 bits per heavy atom. The van der Waals surface area contributed by atoms with E-state index in [9.17, 15) is 9.18 Å². The molecule has 1 heterocycles. The van der Waals surface area contributed by atoms with Gasteiger partial charge in [0.15, 0.2) is 0 Å². The van der Waals surface area contributed by atoms with Crippen molar-refractivity contribution in [2.24, 2.45) is 11.7 Å². The van der Waals surface area contributed by atoms with Gasteiger partial charge in [-0.1, -0.05) is 11.6 Å². The summed E-state index contributed by atoms with van der Waals surface area (Å²) in [6.45, 7) is 2.17. The topological polar surface area (TPSA) is 46.3 Å². The number of amides is 1. The highest BCUT2D eigenvalue weighted by Crippen LogP contribution is 2.22. The highest BCUT2D eigenvalue weighted by Gasteiger charge is 2.23. The maximum Gasteiger partial charge on any atom is 0.253 e. The van der Waals surface area contributed by atoms with Crippen molar-refractivity contribution in [1.29, 1.82) is 0 Å². The van der Waals surface area contributed by atoms with Crippen LogP contribution in [-0.2, 0) is 0 Å². The molecule has 3 nitrogen and oxygen atoms in total. The molecule has 1 saturated heterocycles. The van der Waals surface area contributed by atoms with Crippen molar-refractivity contribution in [1.82, 2.24) is 4.90 Å². The molecule has 5 heteroatoms. The lowest BCUT2D eigenvalue weighted by Gasteiger charge is -2.32. The van der Waals surface area contributed by atoms with Crippen LogP contribution in [0, 0.1) is 11.7 Å². The Balaban J connectivity index is 1.99. The van der Waals surface area contributed by atoms with Crippen LogP contribution in [0.25, 0.3) is 0 Å². The average Bonchev–Trinajstić information content (AvgIpc) is 2.42. The van der Waals surface area contributed by atoms with E-state index in [0.717, 1.165) is 32.4 Å². The summed E-state index contributed by atoms with van der Waals surface area (Å²) >= 11 is 5.70. The summed E-state index contributed by atoms with van der Waals surface area (Å²) in [5, 5.41) is -0.0103. The maximum atomic E-state index is 13.1. The van der Waals surface area contributed by atoms with Crippen LogP contribution < -0.4 is 5.73 Å². The quantitative estimate of drug-likeness (QED) is 0.927. The number of benzene rings is 1. The second kappa shape index (κ2) is 6.35. The lowest BCUT2D eigenvalue weighted by Crippen LogP contribution is -2.38. The van der Waals surface area contributed by atoms with Gasteiger partial charge in [0.2, 0.25) is 0 Å². The molecule has 104 valence electrons. The van der Waals surface area contributed by atoms with Gasteiger partial charge in [0.1, 0.15) is 5.82 Å². The zero-order chi connectivity index (χ0) is 13.8. The number of carbonyl (C=O) groups is 1. The molecule has 0 aliphatic carbocycles. The van der Waals surface area contributed by atoms with Crippen molar-refractivity contribution >= 4 is 17.5 Å². The van der Waals surface area contributed by atoms with Crippen molar-refractivity contribution in [3.05, 3.63) is 34.6 Å². The second-order valence-electron chi connectivity index (χ2n) is 4.94. The highest BCUT2D eigenvalue weighted by atomic mass is 35.5. The largest absolute Gasteiger partial charge is 0.339 e. The van der Waals surface area contributed by atoms with Crippen LogP contribution in [0.2, 0.25) is 5.02 Å². The molecule has 1 aliphatic heterocycles. The van der Waals surface area contributed by atoms with Gasteiger partial charge < -0.3 is 10.6 Å². The monoisotopic (exact) mass is 284 g/mol. The molecule has 1 aliphatic rings. The summed E-state index contributed by atoms with van der Waals surface area (Å²) in [5.41, 5.74) is 5.99. The van der Waals surface area contributed by atoms with E-state index in [0.29, 0.717) is 18.0 Å². The first-order valence-electron chi connectivity index (χ1n) is 6.56. The van der Waals surface area contributed by atoms with Gasteiger partial charge in [0, 0.05) is 18.7 Å². The van der Waals surface area contributed by atoms with E-state index in [4.69, 9.17) is 17.3 Å². The smallest absolute Gasteiger partial charge is 0.253 e. The van der Waals surface area contributed by atoms with Crippen LogP contribution >= 0.6 is 11.6 Å². The van der Waals surface area contributed by atoms with E-state index in [1.165, 1.54) is 18.2 Å². The standard InChI is InChI=1S/C14H18ClFN2O/c15-12-9-11(1-2-13(12)16)14(19)18-7-4-10(3-6-17)5-8-18/h1-2,9-10H,3-8,17H2. The number of rotatable bonds is 3. The fourth-order valence-corrected chi connectivity index (χ4v) is 2.65. The van der Waals surface area contributed by atoms with Crippen molar-refractivity contribution in [2.75, 3.05) is 19.6 Å². The summed E-state index contributed by atoms with van der Waals surface area (Å²) in [5.74, 6) is 0.0406. The predicted octanol–water partition coefficient (Wildman–Crippen LogP) is 2.68. The van der Waals surface area contributed by atoms with Gasteiger partial charge in [0.05, 0.1) is 5.02 Å². The summed E-state index contributed by atoms with van der Waals surface area (Å²) in [6.07, 6.45) is 2.99. The zero-order valence-corrected chi connectivity index (χ0v) is 11.5. The molecule has 2 rings (SSSR count). The van der Waals surface area contributed by atoms with Gasteiger partial charge in [-0.05, 0) is 49.9 Å². The number of hydrogen-bond acceptors (Lipinski definition) is 2. The van der Waals surface area contributed by atoms with Gasteiger partial charge in [-0.25, -0.2) is 4.39 Å². The Morgan fingerprint density at radius 2 is 2.11 bits per heavy atom. The number of nitrogens with zero attached hydrogens (tertiary/aromatic N) is 1. The normalized spacial score (nSPS) is 16.7. The van der Waals surface area contributed by atoms with Gasteiger partial charge in [0.25, 0.3) is 5.91 Å². The van der Waals surface area contributed by atoms with Gasteiger partial charge in [-0.15, -0.1) is 0 Å². The van der Waals surface area contributed by atoms with Crippen LogP contribution in [0.5, 0.6) is 0 Å². The zero-order valence-electron chi connectivity index (χ0n) is 10.7. The lowest BCUT2D eigenvalue weighted by atomic mass is 9.93. The summed E-state index contributed by atoms with van der Waals surface area (Å²) in [7, 11) is 0. The van der Waals surface area contributed by atoms with E-state index >= 15 is 0 Å². The third kappa shape index (κ3) is 3.45. The predicted molar refractivity (Wildman–Crippen MR) is 73.7 cm³/mol.